The molecule has 51 valence electrons. The first-order chi connectivity index (χ1) is 4.45. The lowest BCUT2D eigenvalue weighted by Gasteiger charge is -2.34. The Bertz CT molecular complexity index is 87.2. The van der Waals surface area contributed by atoms with E-state index in [4.69, 9.17) is 9.47 Å². The molecule has 2 fully saturated rings. The largest absolute Gasteiger partial charge is 0.376 e. The van der Waals surface area contributed by atoms with E-state index >= 15 is 0 Å². The lowest BCUT2D eigenvalue weighted by Crippen LogP contribution is -2.47. The Balaban J connectivity index is 1.96. The second-order valence-electron chi connectivity index (χ2n) is 2.42. The highest BCUT2D eigenvalue weighted by molar-refractivity contribution is 4.91. The molecule has 2 bridgehead atoms. The average Bonchev–Trinajstić information content (AvgIpc) is 1.88. The first kappa shape index (κ1) is 5.65. The number of morpholine rings is 1. The van der Waals surface area contributed by atoms with E-state index in [1.807, 2.05) is 0 Å². The van der Waals surface area contributed by atoms with Crippen LogP contribution in [0.4, 0.5) is 0 Å². The summed E-state index contributed by atoms with van der Waals surface area (Å²) in [7, 11) is 0. The van der Waals surface area contributed by atoms with Gasteiger partial charge in [-0.15, -0.1) is 0 Å². The fourth-order valence-corrected chi connectivity index (χ4v) is 1.17. The fourth-order valence-electron chi connectivity index (χ4n) is 1.17. The molecule has 2 aliphatic heterocycles. The van der Waals surface area contributed by atoms with Crippen LogP contribution < -0.4 is 5.32 Å². The smallest absolute Gasteiger partial charge is 0.137 e. The van der Waals surface area contributed by atoms with Crippen LogP contribution >= 0.6 is 0 Å². The molecule has 2 heterocycles. The van der Waals surface area contributed by atoms with Gasteiger partial charge in [0.1, 0.15) is 6.10 Å². The predicted molar refractivity (Wildman–Crippen MR) is 31.8 cm³/mol. The van der Waals surface area contributed by atoms with E-state index in [1.165, 1.54) is 0 Å². The van der Waals surface area contributed by atoms with Gasteiger partial charge in [-0.25, -0.2) is 0 Å². The minimum atomic E-state index is 0.280. The summed E-state index contributed by atoms with van der Waals surface area (Å²) in [5.41, 5.74) is 0. The molecule has 0 spiro atoms. The van der Waals surface area contributed by atoms with Crippen LogP contribution in [0.3, 0.4) is 0 Å². The maximum Gasteiger partial charge on any atom is 0.137 e. The topological polar surface area (TPSA) is 30.5 Å². The standard InChI is InChI=1S/C6H10NO2/c1-5-3-8-4-6(9-5)2-7-1/h5,7H,1-4H2. The van der Waals surface area contributed by atoms with Gasteiger partial charge in [-0.1, -0.05) is 0 Å². The Kier molecular flexibility index (Phi) is 1.41. The highest BCUT2D eigenvalue weighted by Gasteiger charge is 2.27. The third kappa shape index (κ3) is 1.08. The van der Waals surface area contributed by atoms with Crippen molar-refractivity contribution in [2.75, 3.05) is 26.3 Å². The molecule has 1 atom stereocenters. The van der Waals surface area contributed by atoms with Crippen LogP contribution in [0.1, 0.15) is 0 Å². The van der Waals surface area contributed by atoms with E-state index in [1.54, 1.807) is 0 Å². The highest BCUT2D eigenvalue weighted by Crippen LogP contribution is 2.15. The van der Waals surface area contributed by atoms with E-state index in [9.17, 15) is 0 Å². The van der Waals surface area contributed by atoms with Gasteiger partial charge in [0, 0.05) is 13.1 Å². The summed E-state index contributed by atoms with van der Waals surface area (Å²) in [5, 5.41) is 3.24. The Morgan fingerprint density at radius 1 is 1.56 bits per heavy atom. The van der Waals surface area contributed by atoms with Crippen molar-refractivity contribution in [1.29, 1.82) is 0 Å². The minimum Gasteiger partial charge on any atom is -0.376 e. The second-order valence-corrected chi connectivity index (χ2v) is 2.42. The molecule has 9 heavy (non-hydrogen) atoms. The molecule has 2 aliphatic rings. The number of hydrogen-bond acceptors (Lipinski definition) is 3. The van der Waals surface area contributed by atoms with Crippen molar-refractivity contribution in [1.82, 2.24) is 5.32 Å². The zero-order valence-corrected chi connectivity index (χ0v) is 5.22. The van der Waals surface area contributed by atoms with Crippen molar-refractivity contribution >= 4 is 0 Å². The van der Waals surface area contributed by atoms with Crippen molar-refractivity contribution < 1.29 is 9.47 Å². The van der Waals surface area contributed by atoms with E-state index in [-0.39, 0.29) is 6.10 Å². The third-order valence-corrected chi connectivity index (χ3v) is 1.59. The summed E-state index contributed by atoms with van der Waals surface area (Å²) in [5.74, 6) is 0. The Morgan fingerprint density at radius 3 is 3.33 bits per heavy atom. The van der Waals surface area contributed by atoms with Gasteiger partial charge in [0.15, 0.2) is 0 Å². The van der Waals surface area contributed by atoms with Crippen molar-refractivity contribution in [3.8, 4) is 0 Å². The average molecular weight is 128 g/mol. The van der Waals surface area contributed by atoms with Crippen LogP contribution in [0.2, 0.25) is 0 Å². The monoisotopic (exact) mass is 128 g/mol. The molecular weight excluding hydrogens is 118 g/mol. The molecule has 2 rings (SSSR count). The van der Waals surface area contributed by atoms with Crippen molar-refractivity contribution in [2.45, 2.75) is 6.10 Å². The van der Waals surface area contributed by atoms with Crippen LogP contribution in [0, 0.1) is 6.10 Å². The summed E-state index contributed by atoms with van der Waals surface area (Å²) in [6.07, 6.45) is 1.33. The second kappa shape index (κ2) is 2.25. The molecular formula is C6H10NO2. The SMILES string of the molecule is C1NCC2COC[C]1O2. The van der Waals surface area contributed by atoms with Crippen LogP contribution in [0.15, 0.2) is 0 Å². The van der Waals surface area contributed by atoms with Crippen molar-refractivity contribution in [3.05, 3.63) is 6.10 Å². The summed E-state index contributed by atoms with van der Waals surface area (Å²) in [6, 6.07) is 0. The summed E-state index contributed by atoms with van der Waals surface area (Å²) >= 11 is 0. The third-order valence-electron chi connectivity index (χ3n) is 1.59. The van der Waals surface area contributed by atoms with Crippen molar-refractivity contribution in [3.63, 3.8) is 0 Å². The maximum atomic E-state index is 5.45. The zero-order chi connectivity index (χ0) is 6.10. The van der Waals surface area contributed by atoms with E-state index in [2.05, 4.69) is 5.32 Å². The van der Waals surface area contributed by atoms with Gasteiger partial charge in [0.2, 0.25) is 0 Å². The minimum absolute atomic E-state index is 0.280. The molecule has 0 aliphatic carbocycles. The molecule has 0 saturated carbocycles. The molecule has 0 aromatic carbocycles. The number of nitrogens with one attached hydrogen (secondary N) is 1. The molecule has 0 amide bonds. The number of rotatable bonds is 0. The number of hydrogen-bond donors (Lipinski definition) is 1. The molecule has 2 saturated heterocycles. The van der Waals surface area contributed by atoms with E-state index < -0.39 is 0 Å². The first-order valence-electron chi connectivity index (χ1n) is 3.25. The lowest BCUT2D eigenvalue weighted by molar-refractivity contribution is -0.0975. The Morgan fingerprint density at radius 2 is 2.56 bits per heavy atom. The highest BCUT2D eigenvalue weighted by atomic mass is 16.6. The molecule has 3 nitrogen and oxygen atoms in total. The van der Waals surface area contributed by atoms with Crippen LogP contribution in [0.25, 0.3) is 0 Å². The summed E-state index contributed by atoms with van der Waals surface area (Å²) in [6.45, 7) is 3.24. The molecule has 3 heteroatoms. The van der Waals surface area contributed by atoms with Gasteiger partial charge in [0.25, 0.3) is 0 Å². The summed E-state index contributed by atoms with van der Waals surface area (Å²) in [4.78, 5) is 0. The van der Waals surface area contributed by atoms with Gasteiger partial charge in [-0.3, -0.25) is 0 Å². The van der Waals surface area contributed by atoms with Crippen LogP contribution in [-0.2, 0) is 9.47 Å². The fraction of sp³-hybridized carbons (Fsp3) is 0.833. The summed E-state index contributed by atoms with van der Waals surface area (Å²) < 4.78 is 10.7. The molecule has 1 radical (unpaired) electrons. The lowest BCUT2D eigenvalue weighted by atomic mass is 10.2. The number of ether oxygens (including phenoxy) is 2. The maximum absolute atomic E-state index is 5.45. The Hall–Kier alpha value is -0.120. The first-order valence-corrected chi connectivity index (χ1v) is 3.25. The molecule has 0 aromatic rings. The number of fused-ring (bicyclic) bond motifs is 2. The predicted octanol–water partition coefficient (Wildman–Crippen LogP) is -0.463. The Labute approximate surface area is 54.3 Å². The zero-order valence-electron chi connectivity index (χ0n) is 5.22. The molecule has 0 aromatic heterocycles. The van der Waals surface area contributed by atoms with E-state index in [0.717, 1.165) is 25.8 Å². The molecule has 1 unspecified atom stereocenters. The van der Waals surface area contributed by atoms with Gasteiger partial charge in [-0.2, -0.15) is 0 Å². The van der Waals surface area contributed by atoms with Gasteiger partial charge < -0.3 is 14.8 Å². The normalized spacial score (nSPS) is 36.7. The van der Waals surface area contributed by atoms with Gasteiger partial charge in [-0.05, 0) is 0 Å². The van der Waals surface area contributed by atoms with Crippen LogP contribution in [0.5, 0.6) is 0 Å². The van der Waals surface area contributed by atoms with Gasteiger partial charge in [0.05, 0.1) is 19.3 Å². The molecule has 1 N–H and O–H groups in total. The van der Waals surface area contributed by atoms with Gasteiger partial charge >= 0.3 is 0 Å². The quantitative estimate of drug-likeness (QED) is 0.478. The van der Waals surface area contributed by atoms with E-state index in [0.29, 0.717) is 6.61 Å². The van der Waals surface area contributed by atoms with Crippen molar-refractivity contribution in [2.24, 2.45) is 0 Å². The van der Waals surface area contributed by atoms with Crippen LogP contribution in [-0.4, -0.2) is 32.4 Å².